The van der Waals surface area contributed by atoms with Crippen LogP contribution in [0, 0.1) is 0 Å². The Morgan fingerprint density at radius 1 is 1.35 bits per heavy atom. The summed E-state index contributed by atoms with van der Waals surface area (Å²) in [6.07, 6.45) is 6.84. The van der Waals surface area contributed by atoms with Crippen LogP contribution in [0.4, 0.5) is 0 Å². The second kappa shape index (κ2) is 7.29. The van der Waals surface area contributed by atoms with E-state index in [2.05, 4.69) is 14.6 Å². The summed E-state index contributed by atoms with van der Waals surface area (Å²) in [6, 6.07) is 0.247. The van der Waals surface area contributed by atoms with Crippen LogP contribution in [-0.4, -0.2) is 62.3 Å². The van der Waals surface area contributed by atoms with Crippen molar-refractivity contribution in [3.8, 4) is 0 Å². The fraction of sp³-hybridized carbons (Fsp3) is 0.800. The van der Waals surface area contributed by atoms with Crippen LogP contribution in [0.1, 0.15) is 31.5 Å². The summed E-state index contributed by atoms with van der Waals surface area (Å²) in [5.41, 5.74) is 0. The molecule has 1 fully saturated rings. The fourth-order valence-electron chi connectivity index (χ4n) is 3.43. The second-order valence-electron chi connectivity index (χ2n) is 6.32. The van der Waals surface area contributed by atoms with E-state index in [0.717, 1.165) is 57.6 Å². The summed E-state index contributed by atoms with van der Waals surface area (Å²) in [5.74, 6) is 0.888. The first-order valence-corrected chi connectivity index (χ1v) is 9.87. The molecule has 130 valence electrons. The summed E-state index contributed by atoms with van der Waals surface area (Å²) in [5, 5.41) is 0.163. The van der Waals surface area contributed by atoms with Crippen molar-refractivity contribution >= 4 is 10.0 Å². The zero-order valence-electron chi connectivity index (χ0n) is 13.7. The van der Waals surface area contributed by atoms with Crippen LogP contribution in [0.3, 0.4) is 0 Å². The maximum absolute atomic E-state index is 12.5. The number of imidazole rings is 1. The molecule has 0 saturated carbocycles. The molecule has 2 aliphatic heterocycles. The van der Waals surface area contributed by atoms with Crippen molar-refractivity contribution in [2.45, 2.75) is 49.7 Å². The van der Waals surface area contributed by atoms with Gasteiger partial charge in [0.2, 0.25) is 0 Å². The van der Waals surface area contributed by atoms with Gasteiger partial charge in [-0.15, -0.1) is 0 Å². The van der Waals surface area contributed by atoms with Gasteiger partial charge in [0.1, 0.15) is 5.82 Å². The lowest BCUT2D eigenvalue weighted by molar-refractivity contribution is 0.141. The van der Waals surface area contributed by atoms with E-state index >= 15 is 0 Å². The Morgan fingerprint density at radius 2 is 2.22 bits per heavy atom. The van der Waals surface area contributed by atoms with Gasteiger partial charge in [-0.05, 0) is 32.2 Å². The zero-order valence-corrected chi connectivity index (χ0v) is 14.5. The number of aryl methyl sites for hydroxylation is 2. The number of rotatable bonds is 7. The third-order valence-electron chi connectivity index (χ3n) is 4.75. The van der Waals surface area contributed by atoms with Gasteiger partial charge in [-0.3, -0.25) is 4.90 Å². The molecule has 0 amide bonds. The minimum absolute atomic E-state index is 0.163. The number of fused-ring (bicyclic) bond motifs is 1. The Bertz CT molecular complexity index is 605. The largest absolute Gasteiger partial charge is 0.383 e. The van der Waals surface area contributed by atoms with Gasteiger partial charge in [0.15, 0.2) is 5.03 Å². The van der Waals surface area contributed by atoms with Gasteiger partial charge in [-0.1, -0.05) is 0 Å². The molecular formula is C15H26N4O3S. The molecule has 0 spiro atoms. The Morgan fingerprint density at radius 3 is 3.00 bits per heavy atom. The van der Waals surface area contributed by atoms with Crippen molar-refractivity contribution < 1.29 is 13.2 Å². The van der Waals surface area contributed by atoms with Crippen LogP contribution in [-0.2, 0) is 27.7 Å². The van der Waals surface area contributed by atoms with Gasteiger partial charge in [0, 0.05) is 45.4 Å². The topological polar surface area (TPSA) is 76.5 Å². The summed E-state index contributed by atoms with van der Waals surface area (Å²) in [6.45, 7) is 3.84. The van der Waals surface area contributed by atoms with Crippen LogP contribution < -0.4 is 4.72 Å². The Hall–Kier alpha value is -0.960. The molecule has 1 aromatic rings. The standard InChI is InChI=1S/C15H26N4O3S/c1-22-10-9-18-8-4-5-13(18)11-16-23(20,21)15-12-19-7-3-2-6-14(19)17-15/h12-13,16H,2-11H2,1H3. The zero-order chi connectivity index (χ0) is 16.3. The lowest BCUT2D eigenvalue weighted by Gasteiger charge is -2.24. The monoisotopic (exact) mass is 342 g/mol. The van der Waals surface area contributed by atoms with E-state index < -0.39 is 10.0 Å². The van der Waals surface area contributed by atoms with Crippen LogP contribution in [0.5, 0.6) is 0 Å². The predicted octanol–water partition coefficient (Wildman–Crippen LogP) is 0.609. The average Bonchev–Trinajstić information content (AvgIpc) is 3.17. The Labute approximate surface area is 138 Å². The number of likely N-dealkylation sites (tertiary alicyclic amines) is 1. The predicted molar refractivity (Wildman–Crippen MR) is 86.8 cm³/mol. The van der Waals surface area contributed by atoms with Crippen molar-refractivity contribution in [3.63, 3.8) is 0 Å². The van der Waals surface area contributed by atoms with Gasteiger partial charge >= 0.3 is 0 Å². The van der Waals surface area contributed by atoms with E-state index in [1.54, 1.807) is 13.3 Å². The third kappa shape index (κ3) is 3.93. The molecule has 2 aliphatic rings. The lowest BCUT2D eigenvalue weighted by Crippen LogP contribution is -2.41. The van der Waals surface area contributed by atoms with Crippen molar-refractivity contribution in [1.29, 1.82) is 0 Å². The summed E-state index contributed by atoms with van der Waals surface area (Å²) in [7, 11) is -1.84. The highest BCUT2D eigenvalue weighted by molar-refractivity contribution is 7.89. The molecule has 0 aliphatic carbocycles. The number of hydrogen-bond acceptors (Lipinski definition) is 5. The number of aromatic nitrogens is 2. The van der Waals surface area contributed by atoms with Crippen molar-refractivity contribution in [1.82, 2.24) is 19.2 Å². The highest BCUT2D eigenvalue weighted by Crippen LogP contribution is 2.19. The molecule has 1 N–H and O–H groups in total. The van der Waals surface area contributed by atoms with Gasteiger partial charge in [-0.25, -0.2) is 18.1 Å². The molecule has 1 aromatic heterocycles. The molecule has 7 nitrogen and oxygen atoms in total. The molecule has 23 heavy (non-hydrogen) atoms. The number of sulfonamides is 1. The summed E-state index contributed by atoms with van der Waals surface area (Å²) < 4.78 is 34.8. The fourth-order valence-corrected chi connectivity index (χ4v) is 4.48. The Kier molecular flexibility index (Phi) is 5.35. The minimum atomic E-state index is -3.53. The lowest BCUT2D eigenvalue weighted by atomic mass is 10.2. The van der Waals surface area contributed by atoms with E-state index in [1.165, 1.54) is 0 Å². The maximum Gasteiger partial charge on any atom is 0.259 e. The molecular weight excluding hydrogens is 316 g/mol. The number of hydrogen-bond donors (Lipinski definition) is 1. The summed E-state index contributed by atoms with van der Waals surface area (Å²) in [4.78, 5) is 6.61. The van der Waals surface area contributed by atoms with Crippen LogP contribution in [0.2, 0.25) is 0 Å². The van der Waals surface area contributed by atoms with Crippen LogP contribution in [0.25, 0.3) is 0 Å². The minimum Gasteiger partial charge on any atom is -0.383 e. The van der Waals surface area contributed by atoms with E-state index in [1.807, 2.05) is 4.57 Å². The van der Waals surface area contributed by atoms with Gasteiger partial charge in [-0.2, -0.15) is 0 Å². The normalized spacial score (nSPS) is 22.4. The first kappa shape index (κ1) is 16.9. The van der Waals surface area contributed by atoms with E-state index in [-0.39, 0.29) is 11.1 Å². The summed E-state index contributed by atoms with van der Waals surface area (Å²) >= 11 is 0. The number of nitrogens with zero attached hydrogens (tertiary/aromatic N) is 3. The number of methoxy groups -OCH3 is 1. The van der Waals surface area contributed by atoms with E-state index in [4.69, 9.17) is 4.74 Å². The van der Waals surface area contributed by atoms with Crippen LogP contribution >= 0.6 is 0 Å². The SMILES string of the molecule is COCCN1CCCC1CNS(=O)(=O)c1cn2c(n1)CCCC2. The maximum atomic E-state index is 12.5. The average molecular weight is 342 g/mol. The number of nitrogens with one attached hydrogen (secondary N) is 1. The molecule has 1 saturated heterocycles. The molecule has 0 aromatic carbocycles. The smallest absolute Gasteiger partial charge is 0.259 e. The van der Waals surface area contributed by atoms with Crippen molar-refractivity contribution in [3.05, 3.63) is 12.0 Å². The molecule has 0 radical (unpaired) electrons. The van der Waals surface area contributed by atoms with Crippen LogP contribution in [0.15, 0.2) is 11.2 Å². The highest BCUT2D eigenvalue weighted by atomic mass is 32.2. The Balaban J connectivity index is 1.61. The van der Waals surface area contributed by atoms with Crippen molar-refractivity contribution in [2.75, 3.05) is 33.4 Å². The molecule has 3 heterocycles. The molecule has 8 heteroatoms. The van der Waals surface area contributed by atoms with Gasteiger partial charge in [0.05, 0.1) is 6.61 Å². The highest BCUT2D eigenvalue weighted by Gasteiger charge is 2.27. The van der Waals surface area contributed by atoms with Gasteiger partial charge < -0.3 is 9.30 Å². The molecule has 1 unspecified atom stereocenters. The second-order valence-corrected chi connectivity index (χ2v) is 8.04. The van der Waals surface area contributed by atoms with Crippen molar-refractivity contribution in [2.24, 2.45) is 0 Å². The first-order valence-electron chi connectivity index (χ1n) is 8.39. The van der Waals surface area contributed by atoms with E-state index in [0.29, 0.717) is 13.2 Å². The third-order valence-corrected chi connectivity index (χ3v) is 6.05. The number of ether oxygens (including phenoxy) is 1. The molecule has 0 bridgehead atoms. The van der Waals surface area contributed by atoms with Gasteiger partial charge in [0.25, 0.3) is 10.0 Å². The first-order chi connectivity index (χ1) is 11.1. The molecule has 1 atom stereocenters. The molecule has 3 rings (SSSR count). The van der Waals surface area contributed by atoms with E-state index in [9.17, 15) is 8.42 Å². The quantitative estimate of drug-likeness (QED) is 0.786.